The molecule has 0 aromatic rings. The maximum atomic E-state index is 11.7. The predicted molar refractivity (Wildman–Crippen MR) is 65.9 cm³/mol. The molecule has 94 valence electrons. The third kappa shape index (κ3) is 4.94. The Bertz CT molecular complexity index is 222. The van der Waals surface area contributed by atoms with Crippen molar-refractivity contribution in [2.45, 2.75) is 52.0 Å². The fourth-order valence-electron chi connectivity index (χ4n) is 1.75. The van der Waals surface area contributed by atoms with Gasteiger partial charge in [-0.1, -0.05) is 13.3 Å². The number of carbonyl (C=O) groups excluding carboxylic acids is 1. The summed E-state index contributed by atoms with van der Waals surface area (Å²) in [5, 5.41) is 5.17. The Morgan fingerprint density at radius 2 is 1.88 bits per heavy atom. The van der Waals surface area contributed by atoms with E-state index in [-0.39, 0.29) is 11.4 Å². The molecule has 0 spiro atoms. The summed E-state index contributed by atoms with van der Waals surface area (Å²) in [6, 6.07) is 0. The molecule has 0 bridgehead atoms. The Hall–Kier alpha value is -0.610. The first kappa shape index (κ1) is 13.5. The molecule has 0 unspecified atom stereocenters. The lowest BCUT2D eigenvalue weighted by atomic mass is 10.0. The van der Waals surface area contributed by atoms with Crippen molar-refractivity contribution in [1.82, 2.24) is 15.8 Å². The lowest BCUT2D eigenvalue weighted by Crippen LogP contribution is -2.50. The molecule has 1 rings (SSSR count). The molecule has 1 amide bonds. The SMILES string of the molecule is CCC(C)(C)NC(=O)CNN1CCCCC1. The highest BCUT2D eigenvalue weighted by atomic mass is 16.2. The molecule has 2 N–H and O–H groups in total. The van der Waals surface area contributed by atoms with Crippen LogP contribution in [-0.4, -0.2) is 36.1 Å². The van der Waals surface area contributed by atoms with Gasteiger partial charge in [0.2, 0.25) is 5.91 Å². The summed E-state index contributed by atoms with van der Waals surface area (Å²) in [4.78, 5) is 11.7. The number of nitrogens with one attached hydrogen (secondary N) is 2. The fourth-order valence-corrected chi connectivity index (χ4v) is 1.75. The van der Waals surface area contributed by atoms with Gasteiger partial charge >= 0.3 is 0 Å². The highest BCUT2D eigenvalue weighted by Gasteiger charge is 2.18. The molecule has 0 aromatic heterocycles. The van der Waals surface area contributed by atoms with Crippen LogP contribution in [0.15, 0.2) is 0 Å². The van der Waals surface area contributed by atoms with Crippen LogP contribution in [0.25, 0.3) is 0 Å². The van der Waals surface area contributed by atoms with Crippen LogP contribution in [0, 0.1) is 0 Å². The lowest BCUT2D eigenvalue weighted by Gasteiger charge is -2.28. The van der Waals surface area contributed by atoms with E-state index in [0.29, 0.717) is 6.54 Å². The molecule has 1 fully saturated rings. The van der Waals surface area contributed by atoms with Crippen LogP contribution >= 0.6 is 0 Å². The maximum absolute atomic E-state index is 11.7. The van der Waals surface area contributed by atoms with Gasteiger partial charge in [0.05, 0.1) is 6.54 Å². The van der Waals surface area contributed by atoms with Crippen LogP contribution in [0.1, 0.15) is 46.5 Å². The van der Waals surface area contributed by atoms with E-state index in [2.05, 4.69) is 22.7 Å². The van der Waals surface area contributed by atoms with Crippen LogP contribution in [0.3, 0.4) is 0 Å². The van der Waals surface area contributed by atoms with Gasteiger partial charge in [0.1, 0.15) is 0 Å². The molecule has 4 nitrogen and oxygen atoms in total. The number of rotatable bonds is 5. The molecule has 0 aromatic carbocycles. The van der Waals surface area contributed by atoms with Crippen molar-refractivity contribution >= 4 is 5.91 Å². The molecule has 1 aliphatic rings. The lowest BCUT2D eigenvalue weighted by molar-refractivity contribution is -0.122. The summed E-state index contributed by atoms with van der Waals surface area (Å²) in [6.45, 7) is 8.69. The number of hydrogen-bond donors (Lipinski definition) is 2. The molecule has 16 heavy (non-hydrogen) atoms. The highest BCUT2D eigenvalue weighted by Crippen LogP contribution is 2.07. The van der Waals surface area contributed by atoms with Crippen LogP contribution in [-0.2, 0) is 4.79 Å². The zero-order valence-electron chi connectivity index (χ0n) is 10.8. The van der Waals surface area contributed by atoms with Crippen LogP contribution in [0.5, 0.6) is 0 Å². The number of hydrazine groups is 1. The third-order valence-corrected chi connectivity index (χ3v) is 3.18. The molecule has 0 radical (unpaired) electrons. The van der Waals surface area contributed by atoms with Gasteiger partial charge in [-0.3, -0.25) is 4.79 Å². The second-order valence-electron chi connectivity index (χ2n) is 5.17. The fraction of sp³-hybridized carbons (Fsp3) is 0.917. The molecule has 4 heteroatoms. The van der Waals surface area contributed by atoms with Crippen molar-refractivity contribution in [3.63, 3.8) is 0 Å². The molecule has 1 saturated heterocycles. The Labute approximate surface area is 98.7 Å². The molecule has 1 heterocycles. The van der Waals surface area contributed by atoms with E-state index in [1.54, 1.807) is 0 Å². The third-order valence-electron chi connectivity index (χ3n) is 3.18. The number of piperidine rings is 1. The minimum Gasteiger partial charge on any atom is -0.350 e. The zero-order chi connectivity index (χ0) is 12.0. The van der Waals surface area contributed by atoms with Crippen molar-refractivity contribution in [1.29, 1.82) is 0 Å². The predicted octanol–water partition coefficient (Wildman–Crippen LogP) is 1.28. The minimum atomic E-state index is -0.0966. The zero-order valence-corrected chi connectivity index (χ0v) is 10.8. The minimum absolute atomic E-state index is 0.0809. The van der Waals surface area contributed by atoms with Crippen molar-refractivity contribution < 1.29 is 4.79 Å². The maximum Gasteiger partial charge on any atom is 0.235 e. The Morgan fingerprint density at radius 3 is 2.44 bits per heavy atom. The van der Waals surface area contributed by atoms with E-state index in [1.165, 1.54) is 19.3 Å². The quantitative estimate of drug-likeness (QED) is 0.743. The van der Waals surface area contributed by atoms with Crippen molar-refractivity contribution in [2.24, 2.45) is 0 Å². The number of hydrogen-bond acceptors (Lipinski definition) is 3. The van der Waals surface area contributed by atoms with E-state index in [1.807, 2.05) is 13.8 Å². The van der Waals surface area contributed by atoms with Crippen LogP contribution in [0.2, 0.25) is 0 Å². The second-order valence-corrected chi connectivity index (χ2v) is 5.17. The van der Waals surface area contributed by atoms with Gasteiger partial charge < -0.3 is 5.32 Å². The first-order valence-corrected chi connectivity index (χ1v) is 6.33. The van der Waals surface area contributed by atoms with E-state index in [4.69, 9.17) is 0 Å². The average Bonchev–Trinajstić information content (AvgIpc) is 2.27. The van der Waals surface area contributed by atoms with Gasteiger partial charge in [-0.2, -0.15) is 0 Å². The van der Waals surface area contributed by atoms with E-state index >= 15 is 0 Å². The summed E-state index contributed by atoms with van der Waals surface area (Å²) in [6.07, 6.45) is 4.72. The molecular weight excluding hydrogens is 202 g/mol. The van der Waals surface area contributed by atoms with Gasteiger partial charge in [0.25, 0.3) is 0 Å². The summed E-state index contributed by atoms with van der Waals surface area (Å²) in [5.74, 6) is 0.0809. The summed E-state index contributed by atoms with van der Waals surface area (Å²) in [7, 11) is 0. The first-order chi connectivity index (χ1) is 7.53. The van der Waals surface area contributed by atoms with E-state index in [0.717, 1.165) is 19.5 Å². The molecule has 0 saturated carbocycles. The largest absolute Gasteiger partial charge is 0.350 e. The second kappa shape index (κ2) is 6.21. The highest BCUT2D eigenvalue weighted by molar-refractivity contribution is 5.78. The molecular formula is C12H25N3O. The van der Waals surface area contributed by atoms with Crippen LogP contribution in [0.4, 0.5) is 0 Å². The van der Waals surface area contributed by atoms with Gasteiger partial charge in [0.15, 0.2) is 0 Å². The Kier molecular flexibility index (Phi) is 5.22. The average molecular weight is 227 g/mol. The Balaban J connectivity index is 2.19. The monoisotopic (exact) mass is 227 g/mol. The van der Waals surface area contributed by atoms with Crippen molar-refractivity contribution in [3.05, 3.63) is 0 Å². The number of amides is 1. The smallest absolute Gasteiger partial charge is 0.235 e. The van der Waals surface area contributed by atoms with Crippen LogP contribution < -0.4 is 10.7 Å². The van der Waals surface area contributed by atoms with Gasteiger partial charge in [-0.05, 0) is 33.1 Å². The van der Waals surface area contributed by atoms with Crippen molar-refractivity contribution in [3.8, 4) is 0 Å². The van der Waals surface area contributed by atoms with E-state index < -0.39 is 0 Å². The summed E-state index contributed by atoms with van der Waals surface area (Å²) in [5.41, 5.74) is 3.09. The van der Waals surface area contributed by atoms with Gasteiger partial charge in [-0.25, -0.2) is 10.4 Å². The standard InChI is InChI=1S/C12H25N3O/c1-4-12(2,3)14-11(16)10-13-15-8-6-5-7-9-15/h13H,4-10H2,1-3H3,(H,14,16). The topological polar surface area (TPSA) is 44.4 Å². The molecule has 0 aliphatic carbocycles. The number of nitrogens with zero attached hydrogens (tertiary/aromatic N) is 1. The van der Waals surface area contributed by atoms with Crippen molar-refractivity contribution in [2.75, 3.05) is 19.6 Å². The van der Waals surface area contributed by atoms with Gasteiger partial charge in [-0.15, -0.1) is 0 Å². The number of carbonyl (C=O) groups is 1. The summed E-state index contributed by atoms with van der Waals surface area (Å²) >= 11 is 0. The van der Waals surface area contributed by atoms with E-state index in [9.17, 15) is 4.79 Å². The van der Waals surface area contributed by atoms with Gasteiger partial charge in [0, 0.05) is 18.6 Å². The molecule has 1 aliphatic heterocycles. The first-order valence-electron chi connectivity index (χ1n) is 6.33. The molecule has 0 atom stereocenters. The summed E-state index contributed by atoms with van der Waals surface area (Å²) < 4.78 is 0. The normalized spacial score (nSPS) is 18.4. The Morgan fingerprint density at radius 1 is 1.25 bits per heavy atom.